The van der Waals surface area contributed by atoms with Crippen molar-refractivity contribution in [3.8, 4) is 0 Å². The first-order chi connectivity index (χ1) is 9.53. The highest BCUT2D eigenvalue weighted by atomic mass is 32.2. The Balaban J connectivity index is 1.97. The third-order valence-corrected chi connectivity index (χ3v) is 4.76. The zero-order valence-corrected chi connectivity index (χ0v) is 12.0. The van der Waals surface area contributed by atoms with Gasteiger partial charge in [0.15, 0.2) is 0 Å². The smallest absolute Gasteiger partial charge is 0.241 e. The van der Waals surface area contributed by atoms with Crippen molar-refractivity contribution < 1.29 is 13.2 Å². The van der Waals surface area contributed by atoms with Gasteiger partial charge in [0.05, 0.1) is 11.4 Å². The Morgan fingerprint density at radius 3 is 2.35 bits per heavy atom. The van der Waals surface area contributed by atoms with Gasteiger partial charge in [-0.05, 0) is 30.5 Å². The van der Waals surface area contributed by atoms with E-state index in [2.05, 4.69) is 4.72 Å². The summed E-state index contributed by atoms with van der Waals surface area (Å²) in [5, 5.41) is 0. The van der Waals surface area contributed by atoms with Crippen molar-refractivity contribution in [1.82, 2.24) is 9.62 Å². The van der Waals surface area contributed by atoms with Crippen LogP contribution in [0.25, 0.3) is 0 Å². The van der Waals surface area contributed by atoms with Crippen LogP contribution in [-0.2, 0) is 21.4 Å². The van der Waals surface area contributed by atoms with E-state index >= 15 is 0 Å². The Morgan fingerprint density at radius 2 is 1.80 bits per heavy atom. The van der Waals surface area contributed by atoms with Crippen LogP contribution in [-0.4, -0.2) is 38.9 Å². The van der Waals surface area contributed by atoms with E-state index in [1.54, 1.807) is 17.0 Å². The molecule has 0 unspecified atom stereocenters. The molecule has 0 saturated carbocycles. The summed E-state index contributed by atoms with van der Waals surface area (Å²) in [4.78, 5) is 13.6. The first-order valence-electron chi connectivity index (χ1n) is 6.59. The predicted molar refractivity (Wildman–Crippen MR) is 75.3 cm³/mol. The fourth-order valence-corrected chi connectivity index (χ4v) is 3.10. The van der Waals surface area contributed by atoms with E-state index in [1.165, 1.54) is 12.1 Å². The van der Waals surface area contributed by atoms with Crippen LogP contribution in [0.4, 0.5) is 0 Å². The third kappa shape index (κ3) is 3.56. The molecule has 1 fully saturated rings. The van der Waals surface area contributed by atoms with Crippen LogP contribution < -0.4 is 10.5 Å². The molecule has 1 aliphatic rings. The lowest BCUT2D eigenvalue weighted by atomic mass is 10.2. The largest absolute Gasteiger partial charge is 0.342 e. The van der Waals surface area contributed by atoms with Crippen molar-refractivity contribution in [1.29, 1.82) is 0 Å². The molecule has 2 rings (SSSR count). The second-order valence-electron chi connectivity index (χ2n) is 4.76. The molecule has 0 spiro atoms. The molecule has 20 heavy (non-hydrogen) atoms. The summed E-state index contributed by atoms with van der Waals surface area (Å²) < 4.78 is 26.4. The predicted octanol–water partition coefficient (Wildman–Crippen LogP) is 0.0460. The van der Waals surface area contributed by atoms with Crippen LogP contribution in [0.5, 0.6) is 0 Å². The molecular weight excluding hydrogens is 278 g/mol. The Hall–Kier alpha value is -1.44. The van der Waals surface area contributed by atoms with Gasteiger partial charge in [-0.25, -0.2) is 13.1 Å². The third-order valence-electron chi connectivity index (χ3n) is 3.34. The maximum absolute atomic E-state index is 12.0. The van der Waals surface area contributed by atoms with Gasteiger partial charge in [0.25, 0.3) is 0 Å². The monoisotopic (exact) mass is 297 g/mol. The maximum atomic E-state index is 12.0. The first kappa shape index (κ1) is 15.0. The number of nitrogens with one attached hydrogen (secondary N) is 1. The van der Waals surface area contributed by atoms with E-state index in [-0.39, 0.29) is 17.3 Å². The number of hydrogen-bond donors (Lipinski definition) is 2. The van der Waals surface area contributed by atoms with E-state index in [0.717, 1.165) is 18.4 Å². The summed E-state index contributed by atoms with van der Waals surface area (Å²) in [7, 11) is -3.65. The Labute approximate surface area is 119 Å². The standard InChI is InChI=1S/C13H19N3O3S/c14-9-11-3-5-12(6-4-11)20(18,19)15-10-13(17)16-7-1-2-8-16/h3-6,15H,1-2,7-10,14H2. The summed E-state index contributed by atoms with van der Waals surface area (Å²) in [5.74, 6) is -0.176. The first-order valence-corrected chi connectivity index (χ1v) is 8.08. The second-order valence-corrected chi connectivity index (χ2v) is 6.53. The van der Waals surface area contributed by atoms with Crippen molar-refractivity contribution in [3.63, 3.8) is 0 Å². The van der Waals surface area contributed by atoms with E-state index in [0.29, 0.717) is 19.6 Å². The molecule has 0 atom stereocenters. The van der Waals surface area contributed by atoms with Crippen molar-refractivity contribution in [2.24, 2.45) is 5.73 Å². The maximum Gasteiger partial charge on any atom is 0.241 e. The van der Waals surface area contributed by atoms with Crippen molar-refractivity contribution >= 4 is 15.9 Å². The average Bonchev–Trinajstić information content (AvgIpc) is 2.99. The van der Waals surface area contributed by atoms with Crippen LogP contribution >= 0.6 is 0 Å². The molecule has 1 aliphatic heterocycles. The number of carbonyl (C=O) groups is 1. The number of nitrogens with two attached hydrogens (primary N) is 1. The lowest BCUT2D eigenvalue weighted by Gasteiger charge is -2.15. The molecule has 1 amide bonds. The van der Waals surface area contributed by atoms with Gasteiger partial charge in [-0.3, -0.25) is 4.79 Å². The van der Waals surface area contributed by atoms with Crippen molar-refractivity contribution in [2.45, 2.75) is 24.3 Å². The molecule has 6 nitrogen and oxygen atoms in total. The van der Waals surface area contributed by atoms with Crippen LogP contribution in [0.15, 0.2) is 29.2 Å². The molecule has 0 aliphatic carbocycles. The average molecular weight is 297 g/mol. The summed E-state index contributed by atoms with van der Waals surface area (Å²) in [6.07, 6.45) is 1.97. The number of hydrogen-bond acceptors (Lipinski definition) is 4. The number of sulfonamides is 1. The van der Waals surface area contributed by atoms with E-state index < -0.39 is 10.0 Å². The molecule has 0 radical (unpaired) electrons. The number of nitrogens with zero attached hydrogens (tertiary/aromatic N) is 1. The fourth-order valence-electron chi connectivity index (χ4n) is 2.12. The molecule has 1 heterocycles. The van der Waals surface area contributed by atoms with Crippen LogP contribution in [0.1, 0.15) is 18.4 Å². The summed E-state index contributed by atoms with van der Waals surface area (Å²) >= 11 is 0. The SMILES string of the molecule is NCc1ccc(S(=O)(=O)NCC(=O)N2CCCC2)cc1. The van der Waals surface area contributed by atoms with Gasteiger partial charge in [0, 0.05) is 19.6 Å². The van der Waals surface area contributed by atoms with E-state index in [9.17, 15) is 13.2 Å². The van der Waals surface area contributed by atoms with Gasteiger partial charge in [0.1, 0.15) is 0 Å². The fraction of sp³-hybridized carbons (Fsp3) is 0.462. The van der Waals surface area contributed by atoms with Crippen LogP contribution in [0.3, 0.4) is 0 Å². The number of benzene rings is 1. The lowest BCUT2D eigenvalue weighted by Crippen LogP contribution is -2.38. The van der Waals surface area contributed by atoms with E-state index in [4.69, 9.17) is 5.73 Å². The van der Waals surface area contributed by atoms with Gasteiger partial charge in [-0.1, -0.05) is 12.1 Å². The zero-order valence-electron chi connectivity index (χ0n) is 11.2. The molecular formula is C13H19N3O3S. The molecule has 0 aromatic heterocycles. The quantitative estimate of drug-likeness (QED) is 0.803. The number of rotatable bonds is 5. The van der Waals surface area contributed by atoms with Crippen molar-refractivity contribution in [3.05, 3.63) is 29.8 Å². The molecule has 7 heteroatoms. The molecule has 3 N–H and O–H groups in total. The molecule has 110 valence electrons. The normalized spacial score (nSPS) is 15.6. The second kappa shape index (κ2) is 6.34. The lowest BCUT2D eigenvalue weighted by molar-refractivity contribution is -0.128. The van der Waals surface area contributed by atoms with Crippen molar-refractivity contribution in [2.75, 3.05) is 19.6 Å². The number of carbonyl (C=O) groups excluding carboxylic acids is 1. The summed E-state index contributed by atoms with van der Waals surface area (Å²) in [6.45, 7) is 1.60. The van der Waals surface area contributed by atoms with Crippen LogP contribution in [0.2, 0.25) is 0 Å². The minimum absolute atomic E-state index is 0.143. The Morgan fingerprint density at radius 1 is 1.20 bits per heavy atom. The van der Waals surface area contributed by atoms with E-state index in [1.807, 2.05) is 0 Å². The molecule has 0 bridgehead atoms. The summed E-state index contributed by atoms with van der Waals surface area (Å²) in [5.41, 5.74) is 6.32. The summed E-state index contributed by atoms with van der Waals surface area (Å²) in [6, 6.07) is 6.31. The number of amides is 1. The minimum atomic E-state index is -3.65. The molecule has 1 saturated heterocycles. The minimum Gasteiger partial charge on any atom is -0.342 e. The topological polar surface area (TPSA) is 92.5 Å². The highest BCUT2D eigenvalue weighted by Gasteiger charge is 2.20. The highest BCUT2D eigenvalue weighted by Crippen LogP contribution is 2.11. The van der Waals surface area contributed by atoms with Gasteiger partial charge in [-0.15, -0.1) is 0 Å². The molecule has 1 aromatic rings. The van der Waals surface area contributed by atoms with Crippen LogP contribution in [0, 0.1) is 0 Å². The number of likely N-dealkylation sites (tertiary alicyclic amines) is 1. The Kier molecular flexibility index (Phi) is 4.74. The highest BCUT2D eigenvalue weighted by molar-refractivity contribution is 7.89. The van der Waals surface area contributed by atoms with Gasteiger partial charge >= 0.3 is 0 Å². The van der Waals surface area contributed by atoms with Gasteiger partial charge in [0.2, 0.25) is 15.9 Å². The van der Waals surface area contributed by atoms with Gasteiger partial charge in [-0.2, -0.15) is 0 Å². The van der Waals surface area contributed by atoms with Gasteiger partial charge < -0.3 is 10.6 Å². The Bertz CT molecular complexity index is 563. The zero-order chi connectivity index (χ0) is 14.6. The molecule has 1 aromatic carbocycles.